The minimum atomic E-state index is -0.464. The number of carbonyl (C=O) groups is 1. The number of ether oxygens (including phenoxy) is 1. The highest BCUT2D eigenvalue weighted by atomic mass is 16.6. The molecule has 1 aromatic rings. The Labute approximate surface area is 187 Å². The monoisotopic (exact) mass is 435 g/mol. The molecule has 0 spiro atoms. The van der Waals surface area contributed by atoms with Crippen LogP contribution in [0, 0.1) is 19.8 Å². The van der Waals surface area contributed by atoms with Gasteiger partial charge in [0.05, 0.1) is 5.69 Å². The van der Waals surface area contributed by atoms with Crippen molar-refractivity contribution in [2.24, 2.45) is 10.9 Å². The summed E-state index contributed by atoms with van der Waals surface area (Å²) in [5.41, 5.74) is 1.64. The van der Waals surface area contributed by atoms with Gasteiger partial charge in [-0.3, -0.25) is 4.99 Å². The van der Waals surface area contributed by atoms with Crippen LogP contribution in [0.3, 0.4) is 0 Å². The minimum absolute atomic E-state index is 0.216. The minimum Gasteiger partial charge on any atom is -0.444 e. The Morgan fingerprint density at radius 2 is 1.97 bits per heavy atom. The molecule has 2 rings (SSSR count). The summed E-state index contributed by atoms with van der Waals surface area (Å²) in [5, 5.41) is 7.45. The summed E-state index contributed by atoms with van der Waals surface area (Å²) in [6.07, 6.45) is 2.68. The largest absolute Gasteiger partial charge is 0.444 e. The summed E-state index contributed by atoms with van der Waals surface area (Å²) < 4.78 is 10.8. The van der Waals surface area contributed by atoms with Gasteiger partial charge in [-0.1, -0.05) is 5.16 Å². The molecule has 1 aromatic heterocycles. The molecule has 0 atom stereocenters. The van der Waals surface area contributed by atoms with Crippen LogP contribution in [0.4, 0.5) is 4.79 Å². The van der Waals surface area contributed by atoms with Crippen molar-refractivity contribution in [1.29, 1.82) is 0 Å². The van der Waals surface area contributed by atoms with E-state index in [4.69, 9.17) is 14.3 Å². The summed E-state index contributed by atoms with van der Waals surface area (Å²) in [7, 11) is 0. The fraction of sp³-hybridized carbons (Fsp3) is 0.783. The van der Waals surface area contributed by atoms with Gasteiger partial charge in [0.25, 0.3) is 0 Å². The van der Waals surface area contributed by atoms with Crippen LogP contribution in [0.2, 0.25) is 0 Å². The molecule has 2 heterocycles. The number of carbonyl (C=O) groups excluding carboxylic acids is 1. The number of hydrogen-bond acceptors (Lipinski definition) is 5. The molecule has 8 heteroatoms. The zero-order valence-electron chi connectivity index (χ0n) is 20.5. The maximum absolute atomic E-state index is 12.4. The lowest BCUT2D eigenvalue weighted by molar-refractivity contribution is 0.0214. The van der Waals surface area contributed by atoms with Crippen molar-refractivity contribution in [2.45, 2.75) is 73.3 Å². The van der Waals surface area contributed by atoms with Gasteiger partial charge in [0.15, 0.2) is 5.96 Å². The van der Waals surface area contributed by atoms with Gasteiger partial charge in [-0.2, -0.15) is 0 Å². The van der Waals surface area contributed by atoms with Crippen LogP contribution in [-0.2, 0) is 11.2 Å². The van der Waals surface area contributed by atoms with E-state index in [1.807, 2.05) is 46.4 Å². The molecule has 1 amide bonds. The normalized spacial score (nSPS) is 15.8. The number of aromatic nitrogens is 1. The molecular formula is C23H41N5O3. The Hall–Kier alpha value is -2.25. The molecule has 0 bridgehead atoms. The van der Waals surface area contributed by atoms with E-state index in [2.05, 4.69) is 22.3 Å². The van der Waals surface area contributed by atoms with Crippen LogP contribution >= 0.6 is 0 Å². The zero-order valence-corrected chi connectivity index (χ0v) is 20.5. The van der Waals surface area contributed by atoms with Crippen LogP contribution in [0.5, 0.6) is 0 Å². The van der Waals surface area contributed by atoms with E-state index in [0.29, 0.717) is 19.0 Å². The Balaban J connectivity index is 1.88. The molecule has 0 aromatic carbocycles. The number of nitrogens with zero attached hydrogens (tertiary/aromatic N) is 4. The average Bonchev–Trinajstić information content (AvgIpc) is 3.02. The Morgan fingerprint density at radius 1 is 1.29 bits per heavy atom. The lowest BCUT2D eigenvalue weighted by atomic mass is 9.96. The van der Waals surface area contributed by atoms with Gasteiger partial charge < -0.3 is 24.4 Å². The second-order valence-electron chi connectivity index (χ2n) is 9.24. The Kier molecular flexibility index (Phi) is 9.19. The van der Waals surface area contributed by atoms with Crippen molar-refractivity contribution >= 4 is 12.1 Å². The SMILES string of the molecule is CCNC(=NCCc1c(C)noc1C)N1CCC(CN(CC)C(=O)OC(C)(C)C)CC1. The molecule has 0 aliphatic carbocycles. The topological polar surface area (TPSA) is 83.2 Å². The third kappa shape index (κ3) is 7.74. The van der Waals surface area contributed by atoms with Gasteiger partial charge in [-0.15, -0.1) is 0 Å². The van der Waals surface area contributed by atoms with E-state index < -0.39 is 5.60 Å². The van der Waals surface area contributed by atoms with Crippen LogP contribution in [-0.4, -0.2) is 71.9 Å². The zero-order chi connectivity index (χ0) is 23.0. The number of guanidine groups is 1. The lowest BCUT2D eigenvalue weighted by Crippen LogP contribution is -2.48. The number of amides is 1. The highest BCUT2D eigenvalue weighted by molar-refractivity contribution is 5.80. The van der Waals surface area contributed by atoms with Gasteiger partial charge in [0.2, 0.25) is 0 Å². The fourth-order valence-corrected chi connectivity index (χ4v) is 3.86. The molecule has 1 N–H and O–H groups in total. The first-order valence-corrected chi connectivity index (χ1v) is 11.6. The van der Waals surface area contributed by atoms with Gasteiger partial charge >= 0.3 is 6.09 Å². The van der Waals surface area contributed by atoms with Gasteiger partial charge in [-0.25, -0.2) is 4.79 Å². The highest BCUT2D eigenvalue weighted by Gasteiger charge is 2.27. The Morgan fingerprint density at radius 3 is 2.48 bits per heavy atom. The summed E-state index contributed by atoms with van der Waals surface area (Å²) in [5.74, 6) is 2.32. The third-order valence-electron chi connectivity index (χ3n) is 5.57. The van der Waals surface area contributed by atoms with Crippen molar-refractivity contribution in [2.75, 3.05) is 39.3 Å². The number of piperidine rings is 1. The first-order chi connectivity index (χ1) is 14.6. The number of aliphatic imine (C=N–C) groups is 1. The number of nitrogens with one attached hydrogen (secondary N) is 1. The molecule has 0 radical (unpaired) electrons. The van der Waals surface area contributed by atoms with Crippen molar-refractivity contribution in [3.63, 3.8) is 0 Å². The second-order valence-corrected chi connectivity index (χ2v) is 9.24. The first-order valence-electron chi connectivity index (χ1n) is 11.6. The van der Waals surface area contributed by atoms with Gasteiger partial charge in [0, 0.05) is 44.8 Å². The van der Waals surface area contributed by atoms with E-state index in [0.717, 1.165) is 68.4 Å². The molecule has 1 saturated heterocycles. The smallest absolute Gasteiger partial charge is 0.410 e. The predicted molar refractivity (Wildman–Crippen MR) is 123 cm³/mol. The molecule has 1 aliphatic rings. The van der Waals surface area contributed by atoms with Crippen LogP contribution < -0.4 is 5.32 Å². The maximum Gasteiger partial charge on any atom is 0.410 e. The fourth-order valence-electron chi connectivity index (χ4n) is 3.86. The second kappa shape index (κ2) is 11.4. The van der Waals surface area contributed by atoms with Crippen molar-refractivity contribution in [3.05, 3.63) is 17.0 Å². The third-order valence-corrected chi connectivity index (χ3v) is 5.57. The quantitative estimate of drug-likeness (QED) is 0.518. The highest BCUT2D eigenvalue weighted by Crippen LogP contribution is 2.20. The maximum atomic E-state index is 12.4. The standard InChI is InChI=1S/C23H41N5O3/c1-8-24-21(25-13-10-20-17(3)26-31-18(20)4)28-14-11-19(12-15-28)16-27(9-2)22(29)30-23(5,6)7/h19H,8-16H2,1-7H3,(H,24,25). The molecule has 176 valence electrons. The molecule has 8 nitrogen and oxygen atoms in total. The van der Waals surface area contributed by atoms with Gasteiger partial charge in [0.1, 0.15) is 11.4 Å². The van der Waals surface area contributed by atoms with Crippen LogP contribution in [0.1, 0.15) is 64.5 Å². The number of aryl methyl sites for hydroxylation is 2. The number of hydrogen-bond donors (Lipinski definition) is 1. The molecule has 31 heavy (non-hydrogen) atoms. The van der Waals surface area contributed by atoms with Gasteiger partial charge in [-0.05, 0) is 73.6 Å². The summed E-state index contributed by atoms with van der Waals surface area (Å²) in [6.45, 7) is 18.6. The van der Waals surface area contributed by atoms with E-state index in [1.165, 1.54) is 0 Å². The summed E-state index contributed by atoms with van der Waals surface area (Å²) in [6, 6.07) is 0. The number of rotatable bonds is 7. The molecule has 1 aliphatic heterocycles. The molecule has 0 saturated carbocycles. The molecular weight excluding hydrogens is 394 g/mol. The average molecular weight is 436 g/mol. The van der Waals surface area contributed by atoms with E-state index in [-0.39, 0.29) is 6.09 Å². The van der Waals surface area contributed by atoms with Crippen LogP contribution in [0.15, 0.2) is 9.52 Å². The van der Waals surface area contributed by atoms with E-state index >= 15 is 0 Å². The van der Waals surface area contributed by atoms with E-state index in [9.17, 15) is 4.79 Å². The first kappa shape index (κ1) is 25.0. The summed E-state index contributed by atoms with van der Waals surface area (Å²) >= 11 is 0. The molecule has 0 unspecified atom stereocenters. The van der Waals surface area contributed by atoms with Crippen molar-refractivity contribution in [3.8, 4) is 0 Å². The Bertz CT molecular complexity index is 711. The lowest BCUT2D eigenvalue weighted by Gasteiger charge is -2.36. The molecule has 1 fully saturated rings. The van der Waals surface area contributed by atoms with E-state index in [1.54, 1.807) is 0 Å². The predicted octanol–water partition coefficient (Wildman–Crippen LogP) is 3.77. The van der Waals surface area contributed by atoms with Crippen molar-refractivity contribution in [1.82, 2.24) is 20.3 Å². The van der Waals surface area contributed by atoms with Crippen molar-refractivity contribution < 1.29 is 14.1 Å². The van der Waals surface area contributed by atoms with Crippen LogP contribution in [0.25, 0.3) is 0 Å². The number of likely N-dealkylation sites (tertiary alicyclic amines) is 1. The summed E-state index contributed by atoms with van der Waals surface area (Å²) in [4.78, 5) is 21.4.